The lowest BCUT2D eigenvalue weighted by molar-refractivity contribution is 0.0692. The zero-order chi connectivity index (χ0) is 13.9. The van der Waals surface area contributed by atoms with Crippen LogP contribution in [0.25, 0.3) is 0 Å². The van der Waals surface area contributed by atoms with E-state index < -0.39 is 16.0 Å². The Morgan fingerprint density at radius 2 is 2.17 bits per heavy atom. The Labute approximate surface area is 106 Å². The van der Waals surface area contributed by atoms with Crippen LogP contribution >= 0.6 is 0 Å². The lowest BCUT2D eigenvalue weighted by Gasteiger charge is -2.17. The minimum absolute atomic E-state index is 0.331. The van der Waals surface area contributed by atoms with Gasteiger partial charge < -0.3 is 5.11 Å². The number of nitrogens with one attached hydrogen (secondary N) is 1. The van der Waals surface area contributed by atoms with Crippen LogP contribution in [-0.2, 0) is 10.0 Å². The predicted octanol–water partition coefficient (Wildman–Crippen LogP) is 0.774. The predicted molar refractivity (Wildman–Crippen MR) is 64.8 cm³/mol. The second-order valence-electron chi connectivity index (χ2n) is 4.43. The number of H-pyrrole nitrogens is 1. The number of hydrogen-bond acceptors (Lipinski definition) is 4. The molecule has 2 N–H and O–H groups in total. The van der Waals surface area contributed by atoms with Crippen LogP contribution in [0, 0.1) is 5.92 Å². The summed E-state index contributed by atoms with van der Waals surface area (Å²) in [5.41, 5.74) is -0.341. The molecule has 0 spiro atoms. The van der Waals surface area contributed by atoms with Gasteiger partial charge in [0.2, 0.25) is 0 Å². The SMILES string of the molecule is CC(C)CCN(C)S(=O)(=O)c1[nH]ncc1C(=O)O. The first-order valence-electron chi connectivity index (χ1n) is 5.49. The highest BCUT2D eigenvalue weighted by molar-refractivity contribution is 7.89. The molecule has 102 valence electrons. The van der Waals surface area contributed by atoms with E-state index in [9.17, 15) is 13.2 Å². The molecule has 0 aliphatic carbocycles. The van der Waals surface area contributed by atoms with Crippen molar-refractivity contribution in [2.24, 2.45) is 5.92 Å². The molecule has 0 atom stereocenters. The topological polar surface area (TPSA) is 103 Å². The summed E-state index contributed by atoms with van der Waals surface area (Å²) in [6.07, 6.45) is 1.69. The number of aromatic nitrogens is 2. The van der Waals surface area contributed by atoms with Gasteiger partial charge in [-0.05, 0) is 12.3 Å². The van der Waals surface area contributed by atoms with Crippen LogP contribution in [0.15, 0.2) is 11.2 Å². The molecule has 0 amide bonds. The molecule has 1 aromatic rings. The summed E-state index contributed by atoms with van der Waals surface area (Å²) in [6, 6.07) is 0. The highest BCUT2D eigenvalue weighted by Gasteiger charge is 2.28. The second-order valence-corrected chi connectivity index (χ2v) is 6.41. The van der Waals surface area contributed by atoms with Crippen molar-refractivity contribution in [3.8, 4) is 0 Å². The normalized spacial score (nSPS) is 12.3. The summed E-state index contributed by atoms with van der Waals surface area (Å²) < 4.78 is 25.4. The molecule has 8 heteroatoms. The van der Waals surface area contributed by atoms with Crippen LogP contribution in [0.1, 0.15) is 30.6 Å². The van der Waals surface area contributed by atoms with Gasteiger partial charge in [-0.15, -0.1) is 0 Å². The van der Waals surface area contributed by atoms with Gasteiger partial charge in [-0.1, -0.05) is 13.8 Å². The van der Waals surface area contributed by atoms with Gasteiger partial charge in [0.05, 0.1) is 6.20 Å². The zero-order valence-corrected chi connectivity index (χ0v) is 11.4. The number of hydrogen-bond donors (Lipinski definition) is 2. The maximum Gasteiger partial charge on any atom is 0.340 e. The average molecular weight is 275 g/mol. The van der Waals surface area contributed by atoms with E-state index >= 15 is 0 Å². The van der Waals surface area contributed by atoms with E-state index in [1.165, 1.54) is 7.05 Å². The first-order valence-corrected chi connectivity index (χ1v) is 6.93. The molecule has 0 aliphatic heterocycles. The second kappa shape index (κ2) is 5.49. The summed E-state index contributed by atoms with van der Waals surface area (Å²) in [6.45, 7) is 4.30. The molecule has 0 fully saturated rings. The van der Waals surface area contributed by atoms with Gasteiger partial charge in [-0.2, -0.15) is 9.40 Å². The van der Waals surface area contributed by atoms with Crippen LogP contribution in [0.2, 0.25) is 0 Å². The van der Waals surface area contributed by atoms with E-state index in [2.05, 4.69) is 10.2 Å². The lowest BCUT2D eigenvalue weighted by atomic mass is 10.1. The summed E-state index contributed by atoms with van der Waals surface area (Å²) in [4.78, 5) is 10.9. The van der Waals surface area contributed by atoms with Gasteiger partial charge in [-0.3, -0.25) is 5.10 Å². The first-order chi connectivity index (χ1) is 8.26. The molecule has 0 aliphatic rings. The van der Waals surface area contributed by atoms with Crippen LogP contribution in [0.3, 0.4) is 0 Å². The molecule has 1 rings (SSSR count). The molecule has 18 heavy (non-hydrogen) atoms. The van der Waals surface area contributed by atoms with E-state index in [4.69, 9.17) is 5.11 Å². The molecule has 0 unspecified atom stereocenters. The fraction of sp³-hybridized carbons (Fsp3) is 0.600. The van der Waals surface area contributed by atoms with Crippen molar-refractivity contribution < 1.29 is 18.3 Å². The highest BCUT2D eigenvalue weighted by Crippen LogP contribution is 2.17. The number of carboxylic acid groups (broad SMARTS) is 1. The van der Waals surface area contributed by atoms with Crippen molar-refractivity contribution >= 4 is 16.0 Å². The Hall–Kier alpha value is -1.41. The average Bonchev–Trinajstić information content (AvgIpc) is 2.74. The standard InChI is InChI=1S/C10H17N3O4S/c1-7(2)4-5-13(3)18(16,17)9-8(10(14)15)6-11-12-9/h6-7H,4-5H2,1-3H3,(H,11,12)(H,14,15). The Bertz CT molecular complexity index is 521. The fourth-order valence-electron chi connectivity index (χ4n) is 1.34. The number of nitrogens with zero attached hydrogens (tertiary/aromatic N) is 2. The minimum Gasteiger partial charge on any atom is -0.478 e. The molecular formula is C10H17N3O4S. The summed E-state index contributed by atoms with van der Waals surface area (Å²) in [5, 5.41) is 14.2. The van der Waals surface area contributed by atoms with Crippen LogP contribution < -0.4 is 0 Å². The number of carboxylic acids is 1. The van der Waals surface area contributed by atoms with Gasteiger partial charge in [0.25, 0.3) is 10.0 Å². The van der Waals surface area contributed by atoms with Gasteiger partial charge in [0.1, 0.15) is 5.56 Å². The molecule has 0 aromatic carbocycles. The van der Waals surface area contributed by atoms with Crippen molar-refractivity contribution in [3.05, 3.63) is 11.8 Å². The molecule has 0 radical (unpaired) electrons. The van der Waals surface area contributed by atoms with Gasteiger partial charge >= 0.3 is 5.97 Å². The summed E-state index contributed by atoms with van der Waals surface area (Å²) >= 11 is 0. The number of carbonyl (C=O) groups is 1. The largest absolute Gasteiger partial charge is 0.478 e. The van der Waals surface area contributed by atoms with Crippen molar-refractivity contribution in [3.63, 3.8) is 0 Å². The van der Waals surface area contributed by atoms with Crippen LogP contribution in [0.5, 0.6) is 0 Å². The monoisotopic (exact) mass is 275 g/mol. The van der Waals surface area contributed by atoms with E-state index in [1.54, 1.807) is 0 Å². The van der Waals surface area contributed by atoms with E-state index in [0.717, 1.165) is 10.5 Å². The molecule has 1 aromatic heterocycles. The summed E-state index contributed by atoms with van der Waals surface area (Å²) in [5.74, 6) is -0.956. The lowest BCUT2D eigenvalue weighted by Crippen LogP contribution is -2.30. The van der Waals surface area contributed by atoms with E-state index in [-0.39, 0.29) is 10.6 Å². The number of aromatic carboxylic acids is 1. The number of rotatable bonds is 6. The Morgan fingerprint density at radius 3 is 2.67 bits per heavy atom. The fourth-order valence-corrected chi connectivity index (χ4v) is 2.58. The third-order valence-electron chi connectivity index (χ3n) is 2.52. The highest BCUT2D eigenvalue weighted by atomic mass is 32.2. The first kappa shape index (κ1) is 14.7. The Kier molecular flexibility index (Phi) is 4.47. The molecule has 0 bridgehead atoms. The van der Waals surface area contributed by atoms with Crippen molar-refractivity contribution in [1.29, 1.82) is 0 Å². The van der Waals surface area contributed by atoms with Crippen molar-refractivity contribution in [2.75, 3.05) is 13.6 Å². The molecular weight excluding hydrogens is 258 g/mol. The van der Waals surface area contributed by atoms with E-state index in [1.807, 2.05) is 13.8 Å². The van der Waals surface area contributed by atoms with Gasteiger partial charge in [-0.25, -0.2) is 13.2 Å². The molecule has 7 nitrogen and oxygen atoms in total. The molecule has 0 saturated heterocycles. The molecule has 0 saturated carbocycles. The molecule has 1 heterocycles. The van der Waals surface area contributed by atoms with Crippen molar-refractivity contribution in [1.82, 2.24) is 14.5 Å². The van der Waals surface area contributed by atoms with Gasteiger partial charge in [0.15, 0.2) is 5.03 Å². The maximum atomic E-state index is 12.1. The third kappa shape index (κ3) is 3.08. The summed E-state index contributed by atoms with van der Waals surface area (Å²) in [7, 11) is -2.41. The Morgan fingerprint density at radius 1 is 1.56 bits per heavy atom. The zero-order valence-electron chi connectivity index (χ0n) is 10.5. The van der Waals surface area contributed by atoms with Crippen LogP contribution in [0.4, 0.5) is 0 Å². The Balaban J connectivity index is 2.99. The van der Waals surface area contributed by atoms with Crippen molar-refractivity contribution in [2.45, 2.75) is 25.3 Å². The quantitative estimate of drug-likeness (QED) is 0.798. The third-order valence-corrected chi connectivity index (χ3v) is 4.35. The minimum atomic E-state index is -3.83. The van der Waals surface area contributed by atoms with E-state index in [0.29, 0.717) is 18.9 Å². The maximum absolute atomic E-state index is 12.1. The van der Waals surface area contributed by atoms with Crippen LogP contribution in [-0.4, -0.2) is 47.6 Å². The number of sulfonamides is 1. The smallest absolute Gasteiger partial charge is 0.340 e. The van der Waals surface area contributed by atoms with Gasteiger partial charge in [0, 0.05) is 13.6 Å². The number of aromatic amines is 1.